The van der Waals surface area contributed by atoms with Gasteiger partial charge in [-0.2, -0.15) is 0 Å². The topological polar surface area (TPSA) is 55.8 Å². The zero-order chi connectivity index (χ0) is 15.3. The molecule has 5 nitrogen and oxygen atoms in total. The zero-order valence-corrected chi connectivity index (χ0v) is 13.6. The minimum Gasteiger partial charge on any atom is -0.388 e. The summed E-state index contributed by atoms with van der Waals surface area (Å²) in [6.45, 7) is 12.0. The van der Waals surface area contributed by atoms with Gasteiger partial charge in [-0.05, 0) is 26.8 Å². The zero-order valence-electron chi connectivity index (χ0n) is 13.6. The van der Waals surface area contributed by atoms with Crippen LogP contribution in [0.5, 0.6) is 0 Å². The predicted octanol–water partition coefficient (Wildman–Crippen LogP) is 0.536. The lowest BCUT2D eigenvalue weighted by Gasteiger charge is -2.36. The fourth-order valence-electron chi connectivity index (χ4n) is 2.40. The van der Waals surface area contributed by atoms with Gasteiger partial charge in [0.25, 0.3) is 0 Å². The van der Waals surface area contributed by atoms with Crippen molar-refractivity contribution in [3.8, 4) is 0 Å². The number of piperazine rings is 1. The summed E-state index contributed by atoms with van der Waals surface area (Å²) in [7, 11) is 2.10. The van der Waals surface area contributed by atoms with Crippen molar-refractivity contribution in [2.45, 2.75) is 45.8 Å². The van der Waals surface area contributed by atoms with Crippen LogP contribution < -0.4 is 5.32 Å². The van der Waals surface area contributed by atoms with E-state index in [9.17, 15) is 9.90 Å². The summed E-state index contributed by atoms with van der Waals surface area (Å²) in [6, 6.07) is -0.128. The summed E-state index contributed by atoms with van der Waals surface area (Å²) in [4.78, 5) is 16.7. The summed E-state index contributed by atoms with van der Waals surface area (Å²) in [5.41, 5.74) is -0.841. The van der Waals surface area contributed by atoms with Crippen molar-refractivity contribution < 1.29 is 9.90 Å². The Kier molecular flexibility index (Phi) is 6.43. The van der Waals surface area contributed by atoms with Crippen LogP contribution in [0.15, 0.2) is 0 Å². The van der Waals surface area contributed by atoms with E-state index in [0.717, 1.165) is 32.6 Å². The number of hydrogen-bond donors (Lipinski definition) is 2. The number of rotatable bonds is 6. The highest BCUT2D eigenvalue weighted by Crippen LogP contribution is 2.19. The maximum Gasteiger partial charge on any atom is 0.237 e. The Morgan fingerprint density at radius 2 is 1.85 bits per heavy atom. The second-order valence-corrected chi connectivity index (χ2v) is 6.40. The third kappa shape index (κ3) is 4.72. The van der Waals surface area contributed by atoms with Crippen LogP contribution in [0, 0.1) is 5.92 Å². The molecule has 1 rings (SSSR count). The number of likely N-dealkylation sites (N-methyl/N-ethyl adjacent to an activating group) is 1. The molecular formula is C15H31N3O2. The number of hydrogen-bond acceptors (Lipinski definition) is 4. The summed E-state index contributed by atoms with van der Waals surface area (Å²) >= 11 is 0. The largest absolute Gasteiger partial charge is 0.388 e. The fraction of sp³-hybridized carbons (Fsp3) is 0.933. The van der Waals surface area contributed by atoms with E-state index in [4.69, 9.17) is 0 Å². The van der Waals surface area contributed by atoms with Gasteiger partial charge in [-0.25, -0.2) is 0 Å². The highest BCUT2D eigenvalue weighted by Gasteiger charge is 2.30. The van der Waals surface area contributed by atoms with E-state index in [1.54, 1.807) is 6.92 Å². The molecule has 1 aliphatic rings. The molecule has 20 heavy (non-hydrogen) atoms. The van der Waals surface area contributed by atoms with E-state index in [1.165, 1.54) is 0 Å². The molecule has 2 N–H and O–H groups in total. The van der Waals surface area contributed by atoms with Crippen LogP contribution in [0.4, 0.5) is 0 Å². The average molecular weight is 285 g/mol. The first kappa shape index (κ1) is 17.4. The van der Waals surface area contributed by atoms with Crippen molar-refractivity contribution in [3.05, 3.63) is 0 Å². The first-order valence-electron chi connectivity index (χ1n) is 7.70. The van der Waals surface area contributed by atoms with Crippen molar-refractivity contribution in [1.82, 2.24) is 15.1 Å². The average Bonchev–Trinajstić information content (AvgIpc) is 2.43. The van der Waals surface area contributed by atoms with Crippen LogP contribution in [0.25, 0.3) is 0 Å². The lowest BCUT2D eigenvalue weighted by molar-refractivity contribution is -0.128. The maximum absolute atomic E-state index is 12.2. The van der Waals surface area contributed by atoms with Crippen LogP contribution in [0.3, 0.4) is 0 Å². The molecule has 118 valence electrons. The normalized spacial score (nSPS) is 23.9. The number of carbonyl (C=O) groups excluding carboxylic acids is 1. The minimum absolute atomic E-state index is 0.0122. The Labute approximate surface area is 123 Å². The highest BCUT2D eigenvalue weighted by molar-refractivity contribution is 5.81. The van der Waals surface area contributed by atoms with E-state index in [-0.39, 0.29) is 17.9 Å². The Morgan fingerprint density at radius 1 is 1.30 bits per heavy atom. The van der Waals surface area contributed by atoms with Gasteiger partial charge in [0.05, 0.1) is 11.6 Å². The van der Waals surface area contributed by atoms with E-state index < -0.39 is 5.60 Å². The summed E-state index contributed by atoms with van der Waals surface area (Å²) < 4.78 is 0. The molecule has 1 aliphatic heterocycles. The van der Waals surface area contributed by atoms with Crippen LogP contribution in [0.2, 0.25) is 0 Å². The van der Waals surface area contributed by atoms with Crippen molar-refractivity contribution >= 4 is 5.91 Å². The standard InChI is InChI=1S/C15H31N3O2/c1-6-12(2)15(4,20)11-16-14(19)13(3)18-9-7-17(5)8-10-18/h12-13,20H,6-11H2,1-5H3,(H,16,19). The molecule has 0 bridgehead atoms. The Morgan fingerprint density at radius 3 is 2.35 bits per heavy atom. The van der Waals surface area contributed by atoms with E-state index in [2.05, 4.69) is 22.2 Å². The van der Waals surface area contributed by atoms with E-state index in [0.29, 0.717) is 6.54 Å². The quantitative estimate of drug-likeness (QED) is 0.748. The van der Waals surface area contributed by atoms with Crippen LogP contribution >= 0.6 is 0 Å². The van der Waals surface area contributed by atoms with E-state index in [1.807, 2.05) is 20.8 Å². The van der Waals surface area contributed by atoms with Gasteiger partial charge >= 0.3 is 0 Å². The van der Waals surface area contributed by atoms with Gasteiger partial charge in [-0.3, -0.25) is 9.69 Å². The van der Waals surface area contributed by atoms with Gasteiger partial charge in [-0.15, -0.1) is 0 Å². The summed E-state index contributed by atoms with van der Waals surface area (Å²) in [5.74, 6) is 0.180. The molecule has 1 fully saturated rings. The third-order valence-electron chi connectivity index (χ3n) is 4.76. The highest BCUT2D eigenvalue weighted by atomic mass is 16.3. The number of nitrogens with zero attached hydrogens (tertiary/aromatic N) is 2. The molecule has 0 spiro atoms. The van der Waals surface area contributed by atoms with Crippen LogP contribution in [-0.2, 0) is 4.79 Å². The molecule has 3 atom stereocenters. The summed E-state index contributed by atoms with van der Waals surface area (Å²) in [6.07, 6.45) is 0.900. The first-order chi connectivity index (χ1) is 9.27. The molecule has 5 heteroatoms. The molecule has 0 aromatic carbocycles. The van der Waals surface area contributed by atoms with Crippen molar-refractivity contribution in [2.75, 3.05) is 39.8 Å². The van der Waals surface area contributed by atoms with Crippen LogP contribution in [-0.4, -0.2) is 72.2 Å². The van der Waals surface area contributed by atoms with Gasteiger partial charge in [0.15, 0.2) is 0 Å². The molecule has 0 aliphatic carbocycles. The van der Waals surface area contributed by atoms with Gasteiger partial charge in [0.2, 0.25) is 5.91 Å². The lowest BCUT2D eigenvalue weighted by Crippen LogP contribution is -2.55. The molecule has 0 radical (unpaired) electrons. The number of nitrogens with one attached hydrogen (secondary N) is 1. The number of amides is 1. The van der Waals surface area contributed by atoms with Crippen molar-refractivity contribution in [2.24, 2.45) is 5.92 Å². The van der Waals surface area contributed by atoms with Gasteiger partial charge < -0.3 is 15.3 Å². The second kappa shape index (κ2) is 7.38. The SMILES string of the molecule is CCC(C)C(C)(O)CNC(=O)C(C)N1CCN(C)CC1. The summed E-state index contributed by atoms with van der Waals surface area (Å²) in [5, 5.41) is 13.2. The van der Waals surface area contributed by atoms with Crippen LogP contribution in [0.1, 0.15) is 34.1 Å². The van der Waals surface area contributed by atoms with Gasteiger partial charge in [0, 0.05) is 32.7 Å². The van der Waals surface area contributed by atoms with Gasteiger partial charge in [-0.1, -0.05) is 20.3 Å². The Balaban J connectivity index is 2.42. The molecule has 1 saturated heterocycles. The molecular weight excluding hydrogens is 254 g/mol. The molecule has 1 amide bonds. The first-order valence-corrected chi connectivity index (χ1v) is 7.70. The fourth-order valence-corrected chi connectivity index (χ4v) is 2.40. The lowest BCUT2D eigenvalue weighted by atomic mass is 9.88. The molecule has 3 unspecified atom stereocenters. The Hall–Kier alpha value is -0.650. The van der Waals surface area contributed by atoms with Crippen molar-refractivity contribution in [1.29, 1.82) is 0 Å². The smallest absolute Gasteiger partial charge is 0.237 e. The second-order valence-electron chi connectivity index (χ2n) is 6.40. The molecule has 0 aromatic heterocycles. The molecule has 0 aromatic rings. The molecule has 1 heterocycles. The van der Waals surface area contributed by atoms with E-state index >= 15 is 0 Å². The van der Waals surface area contributed by atoms with Crippen molar-refractivity contribution in [3.63, 3.8) is 0 Å². The maximum atomic E-state index is 12.2. The Bertz CT molecular complexity index is 312. The number of carbonyl (C=O) groups is 1. The minimum atomic E-state index is -0.841. The van der Waals surface area contributed by atoms with Gasteiger partial charge in [0.1, 0.15) is 0 Å². The number of aliphatic hydroxyl groups is 1. The molecule has 0 saturated carbocycles. The predicted molar refractivity (Wildman–Crippen MR) is 81.6 cm³/mol. The third-order valence-corrected chi connectivity index (χ3v) is 4.76. The monoisotopic (exact) mass is 285 g/mol.